The van der Waals surface area contributed by atoms with Gasteiger partial charge in [-0.05, 0) is 44.0 Å². The minimum atomic E-state index is -0.436. The van der Waals surface area contributed by atoms with Crippen molar-refractivity contribution in [3.8, 4) is 0 Å². The number of carbonyl (C=O) groups is 2. The summed E-state index contributed by atoms with van der Waals surface area (Å²) in [5.74, 6) is -0.351. The van der Waals surface area contributed by atoms with Crippen molar-refractivity contribution in [3.05, 3.63) is 34.9 Å². The Labute approximate surface area is 142 Å². The van der Waals surface area contributed by atoms with E-state index in [4.69, 9.17) is 17.3 Å². The van der Waals surface area contributed by atoms with Gasteiger partial charge in [-0.25, -0.2) is 0 Å². The summed E-state index contributed by atoms with van der Waals surface area (Å²) in [6, 6.07) is 6.67. The van der Waals surface area contributed by atoms with E-state index in [1.807, 2.05) is 6.92 Å². The van der Waals surface area contributed by atoms with Gasteiger partial charge < -0.3 is 16.4 Å². The number of rotatable bonds is 5. The van der Waals surface area contributed by atoms with Crippen LogP contribution in [0.15, 0.2) is 24.3 Å². The molecule has 1 aromatic carbocycles. The molecule has 4 N–H and O–H groups in total. The van der Waals surface area contributed by atoms with Crippen molar-refractivity contribution in [3.63, 3.8) is 0 Å². The predicted octanol–water partition coefficient (Wildman–Crippen LogP) is 2.09. The Morgan fingerprint density at radius 1 is 1.22 bits per heavy atom. The lowest BCUT2D eigenvalue weighted by atomic mass is 9.74. The van der Waals surface area contributed by atoms with Gasteiger partial charge in [0.25, 0.3) is 5.91 Å². The van der Waals surface area contributed by atoms with Crippen molar-refractivity contribution in [2.24, 2.45) is 11.7 Å². The van der Waals surface area contributed by atoms with Crippen molar-refractivity contribution >= 4 is 23.4 Å². The zero-order chi connectivity index (χ0) is 16.9. The molecule has 0 spiro atoms. The molecule has 0 heterocycles. The third kappa shape index (κ3) is 4.94. The topological polar surface area (TPSA) is 84.2 Å². The molecular formula is C17H24ClN3O2. The molecule has 2 amide bonds. The van der Waals surface area contributed by atoms with Crippen LogP contribution in [0.3, 0.4) is 0 Å². The van der Waals surface area contributed by atoms with Gasteiger partial charge in [0.05, 0.1) is 5.92 Å². The molecule has 0 saturated heterocycles. The zero-order valence-electron chi connectivity index (χ0n) is 13.4. The SMILES string of the molecule is CC1(N)CCCCC1C(=O)NCCNC(=O)c1ccc(Cl)cc1. The number of nitrogens with two attached hydrogens (primary N) is 1. The summed E-state index contributed by atoms with van der Waals surface area (Å²) in [5.41, 5.74) is 6.33. The van der Waals surface area contributed by atoms with E-state index in [1.54, 1.807) is 24.3 Å². The van der Waals surface area contributed by atoms with Gasteiger partial charge in [-0.2, -0.15) is 0 Å². The van der Waals surface area contributed by atoms with E-state index in [9.17, 15) is 9.59 Å². The molecule has 2 rings (SSSR count). The Hall–Kier alpha value is -1.59. The Balaban J connectivity index is 1.73. The van der Waals surface area contributed by atoms with E-state index in [-0.39, 0.29) is 17.7 Å². The van der Waals surface area contributed by atoms with Crippen LogP contribution in [0.4, 0.5) is 0 Å². The van der Waals surface area contributed by atoms with Gasteiger partial charge in [-0.15, -0.1) is 0 Å². The van der Waals surface area contributed by atoms with Crippen LogP contribution in [0.1, 0.15) is 43.0 Å². The first-order chi connectivity index (χ1) is 10.9. The fourth-order valence-electron chi connectivity index (χ4n) is 2.98. The van der Waals surface area contributed by atoms with Gasteiger partial charge in [0.1, 0.15) is 0 Å². The number of carbonyl (C=O) groups excluding carboxylic acids is 2. The Morgan fingerprint density at radius 3 is 2.52 bits per heavy atom. The van der Waals surface area contributed by atoms with Crippen molar-refractivity contribution < 1.29 is 9.59 Å². The average molecular weight is 338 g/mol. The molecule has 126 valence electrons. The van der Waals surface area contributed by atoms with E-state index < -0.39 is 5.54 Å². The number of amides is 2. The number of benzene rings is 1. The van der Waals surface area contributed by atoms with Crippen molar-refractivity contribution in [1.29, 1.82) is 0 Å². The molecule has 0 aliphatic heterocycles. The largest absolute Gasteiger partial charge is 0.354 e. The van der Waals surface area contributed by atoms with E-state index >= 15 is 0 Å². The van der Waals surface area contributed by atoms with Gasteiger partial charge in [0.2, 0.25) is 5.91 Å². The summed E-state index contributed by atoms with van der Waals surface area (Å²) in [6.07, 6.45) is 3.82. The standard InChI is InChI=1S/C17H24ClN3O2/c1-17(19)9-3-2-4-14(17)16(23)21-11-10-20-15(22)12-5-7-13(18)8-6-12/h5-8,14H,2-4,9-11,19H2,1H3,(H,20,22)(H,21,23). The Kier molecular flexibility index (Phi) is 6.02. The van der Waals surface area contributed by atoms with Crippen molar-refractivity contribution in [1.82, 2.24) is 10.6 Å². The first-order valence-electron chi connectivity index (χ1n) is 8.00. The number of hydrogen-bond acceptors (Lipinski definition) is 3. The monoisotopic (exact) mass is 337 g/mol. The van der Waals surface area contributed by atoms with Crippen LogP contribution in [-0.4, -0.2) is 30.4 Å². The maximum absolute atomic E-state index is 12.2. The molecule has 1 aromatic rings. The van der Waals surface area contributed by atoms with Crippen LogP contribution in [0, 0.1) is 5.92 Å². The third-order valence-electron chi connectivity index (χ3n) is 4.39. The molecule has 5 nitrogen and oxygen atoms in total. The average Bonchev–Trinajstić information content (AvgIpc) is 2.51. The summed E-state index contributed by atoms with van der Waals surface area (Å²) in [7, 11) is 0. The number of halogens is 1. The summed E-state index contributed by atoms with van der Waals surface area (Å²) >= 11 is 5.79. The van der Waals surface area contributed by atoms with Crippen molar-refractivity contribution in [2.45, 2.75) is 38.1 Å². The highest BCUT2D eigenvalue weighted by Crippen LogP contribution is 2.31. The highest BCUT2D eigenvalue weighted by molar-refractivity contribution is 6.30. The second-order valence-corrected chi connectivity index (χ2v) is 6.79. The fourth-order valence-corrected chi connectivity index (χ4v) is 3.10. The Morgan fingerprint density at radius 2 is 1.87 bits per heavy atom. The molecule has 23 heavy (non-hydrogen) atoms. The molecule has 2 atom stereocenters. The summed E-state index contributed by atoms with van der Waals surface area (Å²) < 4.78 is 0. The molecule has 1 fully saturated rings. The van der Waals surface area contributed by atoms with Crippen LogP contribution >= 0.6 is 11.6 Å². The van der Waals surface area contributed by atoms with Gasteiger partial charge in [0.15, 0.2) is 0 Å². The van der Waals surface area contributed by atoms with Gasteiger partial charge >= 0.3 is 0 Å². The number of nitrogens with one attached hydrogen (secondary N) is 2. The molecule has 0 aromatic heterocycles. The Bertz CT molecular complexity index is 557. The van der Waals surface area contributed by atoms with Gasteiger partial charge in [-0.3, -0.25) is 9.59 Å². The van der Waals surface area contributed by atoms with Gasteiger partial charge in [-0.1, -0.05) is 24.4 Å². The maximum Gasteiger partial charge on any atom is 0.251 e. The number of hydrogen-bond donors (Lipinski definition) is 3. The van der Waals surface area contributed by atoms with E-state index in [0.717, 1.165) is 25.7 Å². The predicted molar refractivity (Wildman–Crippen MR) is 91.3 cm³/mol. The molecule has 2 unspecified atom stereocenters. The molecular weight excluding hydrogens is 314 g/mol. The highest BCUT2D eigenvalue weighted by Gasteiger charge is 2.37. The van der Waals surface area contributed by atoms with E-state index in [0.29, 0.717) is 23.7 Å². The normalized spacial score (nSPS) is 24.0. The first-order valence-corrected chi connectivity index (χ1v) is 8.38. The third-order valence-corrected chi connectivity index (χ3v) is 4.64. The van der Waals surface area contributed by atoms with E-state index in [1.165, 1.54) is 0 Å². The summed E-state index contributed by atoms with van der Waals surface area (Å²) in [5, 5.41) is 6.23. The summed E-state index contributed by atoms with van der Waals surface area (Å²) in [4.78, 5) is 24.2. The fraction of sp³-hybridized carbons (Fsp3) is 0.529. The zero-order valence-corrected chi connectivity index (χ0v) is 14.2. The maximum atomic E-state index is 12.2. The lowest BCUT2D eigenvalue weighted by Crippen LogP contribution is -2.53. The first kappa shape index (κ1) is 17.8. The van der Waals surface area contributed by atoms with Crippen LogP contribution < -0.4 is 16.4 Å². The smallest absolute Gasteiger partial charge is 0.251 e. The van der Waals surface area contributed by atoms with Crippen LogP contribution in [0.5, 0.6) is 0 Å². The molecule has 0 bridgehead atoms. The second kappa shape index (κ2) is 7.79. The van der Waals surface area contributed by atoms with Crippen LogP contribution in [-0.2, 0) is 4.79 Å². The molecule has 6 heteroatoms. The van der Waals surface area contributed by atoms with Gasteiger partial charge in [0, 0.05) is 29.2 Å². The summed E-state index contributed by atoms with van der Waals surface area (Å²) in [6.45, 7) is 2.71. The highest BCUT2D eigenvalue weighted by atomic mass is 35.5. The van der Waals surface area contributed by atoms with Crippen molar-refractivity contribution in [2.75, 3.05) is 13.1 Å². The quantitative estimate of drug-likeness (QED) is 0.719. The van der Waals surface area contributed by atoms with E-state index in [2.05, 4.69) is 10.6 Å². The van der Waals surface area contributed by atoms with Crippen LogP contribution in [0.25, 0.3) is 0 Å². The lowest BCUT2D eigenvalue weighted by Gasteiger charge is -2.37. The molecule has 1 saturated carbocycles. The minimum absolute atomic E-state index is 0.0181. The second-order valence-electron chi connectivity index (χ2n) is 6.36. The molecule has 0 radical (unpaired) electrons. The molecule has 1 aliphatic carbocycles. The van der Waals surface area contributed by atoms with Crippen LogP contribution in [0.2, 0.25) is 5.02 Å². The minimum Gasteiger partial charge on any atom is -0.354 e. The molecule has 1 aliphatic rings. The lowest BCUT2D eigenvalue weighted by molar-refractivity contribution is -0.128.